The van der Waals surface area contributed by atoms with Gasteiger partial charge in [0.2, 0.25) is 5.78 Å². The van der Waals surface area contributed by atoms with Crippen LogP contribution in [0.2, 0.25) is 0 Å². The van der Waals surface area contributed by atoms with E-state index in [9.17, 15) is 9.59 Å². The van der Waals surface area contributed by atoms with Crippen LogP contribution < -0.4 is 5.73 Å². The number of nitrogens with zero attached hydrogens (tertiary/aromatic N) is 3. The van der Waals surface area contributed by atoms with Gasteiger partial charge in [-0.25, -0.2) is 4.98 Å². The number of ether oxygens (including phenoxy) is 1. The molecular formula is C12H15BrN4O3. The molecule has 2 aromatic rings. The van der Waals surface area contributed by atoms with E-state index in [1.807, 2.05) is 0 Å². The van der Waals surface area contributed by atoms with E-state index in [0.29, 0.717) is 10.4 Å². The molecule has 108 valence electrons. The summed E-state index contributed by atoms with van der Waals surface area (Å²) in [6, 6.07) is 0. The Kier molecular flexibility index (Phi) is 3.59. The maximum absolute atomic E-state index is 11.8. The zero-order valence-electron chi connectivity index (χ0n) is 11.4. The summed E-state index contributed by atoms with van der Waals surface area (Å²) in [6.07, 6.45) is 3.10. The summed E-state index contributed by atoms with van der Waals surface area (Å²) < 4.78 is 8.84. The van der Waals surface area contributed by atoms with Crippen molar-refractivity contribution in [3.63, 3.8) is 0 Å². The van der Waals surface area contributed by atoms with Crippen LogP contribution in [-0.4, -0.2) is 31.4 Å². The molecule has 0 atom stereocenters. The SMILES string of the molecule is CC(C)(C)OC(=O)Cn1cc(C(N)=O)n2cc(Br)nc12. The van der Waals surface area contributed by atoms with Crippen LogP contribution in [0, 0.1) is 0 Å². The standard InChI is InChI=1S/C12H15BrN4O3/c1-12(2,3)20-9(18)6-16-4-7(10(14)19)17-5-8(13)15-11(16)17/h4-5H,6H2,1-3H3,(H2,14,19). The Bertz CT molecular complexity index is 681. The second-order valence-corrected chi connectivity index (χ2v) is 6.14. The van der Waals surface area contributed by atoms with Crippen molar-refractivity contribution in [3.05, 3.63) is 22.7 Å². The highest BCUT2D eigenvalue weighted by Crippen LogP contribution is 2.16. The number of imidazole rings is 2. The normalized spacial score (nSPS) is 11.8. The van der Waals surface area contributed by atoms with E-state index in [2.05, 4.69) is 20.9 Å². The minimum Gasteiger partial charge on any atom is -0.459 e. The molecule has 2 rings (SSSR count). The maximum atomic E-state index is 11.8. The number of halogens is 1. The lowest BCUT2D eigenvalue weighted by Gasteiger charge is -2.19. The smallest absolute Gasteiger partial charge is 0.326 e. The predicted molar refractivity (Wildman–Crippen MR) is 75.2 cm³/mol. The number of carbonyl (C=O) groups is 2. The highest BCUT2D eigenvalue weighted by Gasteiger charge is 2.20. The van der Waals surface area contributed by atoms with Gasteiger partial charge in [-0.15, -0.1) is 0 Å². The first-order chi connectivity index (χ1) is 9.17. The van der Waals surface area contributed by atoms with Gasteiger partial charge in [0, 0.05) is 12.4 Å². The molecule has 0 aromatic carbocycles. The van der Waals surface area contributed by atoms with Crippen LogP contribution in [0.15, 0.2) is 17.0 Å². The molecule has 0 spiro atoms. The Balaban J connectivity index is 2.35. The van der Waals surface area contributed by atoms with Crippen LogP contribution in [0.5, 0.6) is 0 Å². The quantitative estimate of drug-likeness (QED) is 0.852. The Labute approximate surface area is 123 Å². The minimum absolute atomic E-state index is 0.0441. The van der Waals surface area contributed by atoms with Crippen LogP contribution in [-0.2, 0) is 16.1 Å². The first kappa shape index (κ1) is 14.6. The van der Waals surface area contributed by atoms with Crippen LogP contribution in [0.3, 0.4) is 0 Å². The number of esters is 1. The van der Waals surface area contributed by atoms with Gasteiger partial charge in [0.05, 0.1) is 0 Å². The highest BCUT2D eigenvalue weighted by atomic mass is 79.9. The summed E-state index contributed by atoms with van der Waals surface area (Å²) in [7, 11) is 0. The molecule has 0 aliphatic heterocycles. The van der Waals surface area contributed by atoms with E-state index in [0.717, 1.165) is 0 Å². The molecule has 0 aliphatic carbocycles. The van der Waals surface area contributed by atoms with E-state index in [1.165, 1.54) is 15.2 Å². The molecule has 2 heterocycles. The third-order valence-corrected chi connectivity index (χ3v) is 2.81. The van der Waals surface area contributed by atoms with Gasteiger partial charge in [0.15, 0.2) is 0 Å². The Morgan fingerprint density at radius 1 is 1.40 bits per heavy atom. The molecule has 20 heavy (non-hydrogen) atoms. The van der Waals surface area contributed by atoms with E-state index >= 15 is 0 Å². The molecule has 2 aromatic heterocycles. The first-order valence-electron chi connectivity index (χ1n) is 5.93. The van der Waals surface area contributed by atoms with Crippen LogP contribution in [0.25, 0.3) is 5.78 Å². The second-order valence-electron chi connectivity index (χ2n) is 5.33. The lowest BCUT2D eigenvalue weighted by atomic mass is 10.2. The van der Waals surface area contributed by atoms with Crippen LogP contribution in [0.4, 0.5) is 0 Å². The monoisotopic (exact) mass is 342 g/mol. The summed E-state index contributed by atoms with van der Waals surface area (Å²) in [5.74, 6) is -0.565. The van der Waals surface area contributed by atoms with Gasteiger partial charge in [0.1, 0.15) is 22.4 Å². The lowest BCUT2D eigenvalue weighted by Crippen LogP contribution is -2.26. The number of rotatable bonds is 3. The Hall–Kier alpha value is -1.83. The van der Waals surface area contributed by atoms with Crippen molar-refractivity contribution in [2.45, 2.75) is 32.9 Å². The zero-order chi connectivity index (χ0) is 15.1. The summed E-state index contributed by atoms with van der Waals surface area (Å²) in [4.78, 5) is 27.4. The predicted octanol–water partition coefficient (Wildman–Crippen LogP) is 1.34. The van der Waals surface area contributed by atoms with Crippen molar-refractivity contribution in [2.24, 2.45) is 5.73 Å². The topological polar surface area (TPSA) is 91.6 Å². The number of aromatic nitrogens is 3. The number of nitrogens with two attached hydrogens (primary N) is 1. The van der Waals surface area contributed by atoms with Crippen molar-refractivity contribution in [1.82, 2.24) is 14.0 Å². The van der Waals surface area contributed by atoms with Crippen molar-refractivity contribution < 1.29 is 14.3 Å². The summed E-state index contributed by atoms with van der Waals surface area (Å²) in [6.45, 7) is 5.32. The summed E-state index contributed by atoms with van der Waals surface area (Å²) in [5, 5.41) is 0. The van der Waals surface area contributed by atoms with E-state index in [-0.39, 0.29) is 12.2 Å². The Morgan fingerprint density at radius 3 is 2.60 bits per heavy atom. The molecule has 1 amide bonds. The molecule has 8 heteroatoms. The molecule has 0 unspecified atom stereocenters. The van der Waals surface area contributed by atoms with Gasteiger partial charge >= 0.3 is 5.97 Å². The average molecular weight is 343 g/mol. The van der Waals surface area contributed by atoms with E-state index in [4.69, 9.17) is 10.5 Å². The third-order valence-electron chi connectivity index (χ3n) is 2.42. The van der Waals surface area contributed by atoms with Crippen molar-refractivity contribution in [1.29, 1.82) is 0 Å². The fourth-order valence-corrected chi connectivity index (χ4v) is 2.16. The molecule has 2 N–H and O–H groups in total. The number of hydrogen-bond donors (Lipinski definition) is 1. The largest absolute Gasteiger partial charge is 0.459 e. The van der Waals surface area contributed by atoms with Gasteiger partial charge in [-0.2, -0.15) is 0 Å². The molecule has 0 bridgehead atoms. The molecule has 7 nitrogen and oxygen atoms in total. The molecule has 0 aliphatic rings. The molecule has 0 radical (unpaired) electrons. The number of hydrogen-bond acceptors (Lipinski definition) is 4. The summed E-state index contributed by atoms with van der Waals surface area (Å²) >= 11 is 3.22. The highest BCUT2D eigenvalue weighted by molar-refractivity contribution is 9.10. The molecule has 0 saturated carbocycles. The molecular weight excluding hydrogens is 328 g/mol. The van der Waals surface area contributed by atoms with Gasteiger partial charge < -0.3 is 15.0 Å². The minimum atomic E-state index is -0.595. The Morgan fingerprint density at radius 2 is 2.05 bits per heavy atom. The third kappa shape index (κ3) is 3.01. The number of fused-ring (bicyclic) bond motifs is 1. The second kappa shape index (κ2) is 4.93. The average Bonchev–Trinajstić information content (AvgIpc) is 2.74. The van der Waals surface area contributed by atoms with E-state index in [1.54, 1.807) is 27.0 Å². The first-order valence-corrected chi connectivity index (χ1v) is 6.72. The van der Waals surface area contributed by atoms with Crippen LogP contribution >= 0.6 is 15.9 Å². The summed E-state index contributed by atoms with van der Waals surface area (Å²) in [5.41, 5.74) is 4.99. The number of amides is 1. The van der Waals surface area contributed by atoms with Gasteiger partial charge in [-0.3, -0.25) is 14.0 Å². The maximum Gasteiger partial charge on any atom is 0.326 e. The fourth-order valence-electron chi connectivity index (χ4n) is 1.80. The zero-order valence-corrected chi connectivity index (χ0v) is 13.0. The van der Waals surface area contributed by atoms with Gasteiger partial charge in [0.25, 0.3) is 5.91 Å². The van der Waals surface area contributed by atoms with Gasteiger partial charge in [-0.05, 0) is 36.7 Å². The lowest BCUT2D eigenvalue weighted by molar-refractivity contribution is -0.155. The van der Waals surface area contributed by atoms with Crippen LogP contribution in [0.1, 0.15) is 31.3 Å². The van der Waals surface area contributed by atoms with Crippen molar-refractivity contribution >= 4 is 33.6 Å². The number of primary amides is 1. The molecule has 0 saturated heterocycles. The number of carbonyl (C=O) groups excluding carboxylic acids is 2. The van der Waals surface area contributed by atoms with Crippen molar-refractivity contribution in [3.8, 4) is 0 Å². The molecule has 0 fully saturated rings. The fraction of sp³-hybridized carbons (Fsp3) is 0.417. The van der Waals surface area contributed by atoms with Gasteiger partial charge in [-0.1, -0.05) is 0 Å². The van der Waals surface area contributed by atoms with Crippen molar-refractivity contribution in [2.75, 3.05) is 0 Å². The van der Waals surface area contributed by atoms with E-state index < -0.39 is 17.5 Å².